The maximum Gasteiger partial charge on any atom is 0.339 e. The fourth-order valence-electron chi connectivity index (χ4n) is 3.59. The third-order valence-corrected chi connectivity index (χ3v) is 7.00. The molecule has 33 heavy (non-hydrogen) atoms. The molecule has 168 valence electrons. The average Bonchev–Trinajstić information content (AvgIpc) is 3.54. The Morgan fingerprint density at radius 1 is 1.18 bits per heavy atom. The van der Waals surface area contributed by atoms with Crippen molar-refractivity contribution in [3.63, 3.8) is 0 Å². The van der Waals surface area contributed by atoms with Crippen LogP contribution in [0.1, 0.15) is 29.1 Å². The summed E-state index contributed by atoms with van der Waals surface area (Å²) in [5, 5.41) is 15.5. The number of rotatable bonds is 7. The Morgan fingerprint density at radius 2 is 2.03 bits per heavy atom. The third kappa shape index (κ3) is 4.42. The lowest BCUT2D eigenvalue weighted by Gasteiger charge is -2.07. The van der Waals surface area contributed by atoms with Crippen LogP contribution >= 0.6 is 22.7 Å². The first-order chi connectivity index (χ1) is 16.0. The van der Waals surface area contributed by atoms with Crippen LogP contribution in [0.4, 0.5) is 10.9 Å². The van der Waals surface area contributed by atoms with E-state index < -0.39 is 5.97 Å². The predicted molar refractivity (Wildman–Crippen MR) is 130 cm³/mol. The molecule has 0 amide bonds. The van der Waals surface area contributed by atoms with E-state index in [1.54, 1.807) is 23.6 Å². The highest BCUT2D eigenvalue weighted by Crippen LogP contribution is 2.40. The van der Waals surface area contributed by atoms with Crippen molar-refractivity contribution < 1.29 is 19.4 Å². The maximum atomic E-state index is 12.0. The molecule has 3 aromatic heterocycles. The number of hydrogen-bond donors (Lipinski definition) is 2. The van der Waals surface area contributed by atoms with Crippen LogP contribution < -0.4 is 14.8 Å². The molecular weight excluding hydrogens is 458 g/mol. The first-order valence-corrected chi connectivity index (χ1v) is 12.1. The molecule has 7 nitrogen and oxygen atoms in total. The Kier molecular flexibility index (Phi) is 5.74. The van der Waals surface area contributed by atoms with Gasteiger partial charge >= 0.3 is 5.97 Å². The molecule has 4 aromatic rings. The van der Waals surface area contributed by atoms with Crippen LogP contribution in [0, 0.1) is 5.92 Å². The van der Waals surface area contributed by atoms with Crippen LogP contribution in [-0.4, -0.2) is 27.8 Å². The smallest absolute Gasteiger partial charge is 0.339 e. The summed E-state index contributed by atoms with van der Waals surface area (Å²) >= 11 is 3.05. The topological polar surface area (TPSA) is 93.6 Å². The Hall–Kier alpha value is -3.43. The summed E-state index contributed by atoms with van der Waals surface area (Å²) < 4.78 is 11.0. The van der Waals surface area contributed by atoms with Crippen molar-refractivity contribution in [1.82, 2.24) is 9.97 Å². The summed E-state index contributed by atoms with van der Waals surface area (Å²) in [4.78, 5) is 23.3. The second-order valence-corrected chi connectivity index (χ2v) is 10.0. The number of fused-ring (bicyclic) bond motifs is 1. The Labute approximate surface area is 198 Å². The van der Waals surface area contributed by atoms with Crippen LogP contribution in [0.2, 0.25) is 0 Å². The number of carboxylic acid groups (broad SMARTS) is 1. The lowest BCUT2D eigenvalue weighted by Crippen LogP contribution is -2.05. The van der Waals surface area contributed by atoms with Crippen molar-refractivity contribution in [2.24, 2.45) is 5.92 Å². The van der Waals surface area contributed by atoms with Gasteiger partial charge in [0, 0.05) is 27.1 Å². The zero-order valence-electron chi connectivity index (χ0n) is 18.0. The molecule has 0 fully saturated rings. The van der Waals surface area contributed by atoms with Gasteiger partial charge in [-0.05, 0) is 48.1 Å². The van der Waals surface area contributed by atoms with Crippen molar-refractivity contribution in [2.45, 2.75) is 20.3 Å². The number of aromatic carboxylic acids is 1. The predicted octanol–water partition coefficient (Wildman–Crippen LogP) is 6.30. The zero-order valence-corrected chi connectivity index (χ0v) is 19.6. The minimum atomic E-state index is -1.04. The van der Waals surface area contributed by atoms with Crippen LogP contribution in [0.3, 0.4) is 0 Å². The fourth-order valence-corrected chi connectivity index (χ4v) is 5.49. The molecule has 0 bridgehead atoms. The molecule has 0 radical (unpaired) electrons. The van der Waals surface area contributed by atoms with Crippen molar-refractivity contribution in [3.05, 3.63) is 58.4 Å². The largest absolute Gasteiger partial charge is 0.478 e. The van der Waals surface area contributed by atoms with Crippen LogP contribution in [0.5, 0.6) is 11.5 Å². The quantitative estimate of drug-likeness (QED) is 0.321. The molecule has 1 aliphatic heterocycles. The standard InChI is InChI=1S/C24H21N3O4S2/c1-13(2)8-20-21(14-5-6-17-18(10-14)31-12-30-17)26-24(33-20)27-22-16(23(28)29)9-15(11-25-22)19-4-3-7-32-19/h3-7,9-11,13H,8,12H2,1-2H3,(H,28,29)(H,25,26,27). The molecule has 1 aliphatic rings. The zero-order chi connectivity index (χ0) is 22.9. The second kappa shape index (κ2) is 8.84. The summed E-state index contributed by atoms with van der Waals surface area (Å²) in [6.45, 7) is 4.53. The summed E-state index contributed by atoms with van der Waals surface area (Å²) in [7, 11) is 0. The summed E-state index contributed by atoms with van der Waals surface area (Å²) in [5.74, 6) is 1.08. The van der Waals surface area contributed by atoms with E-state index in [9.17, 15) is 9.90 Å². The number of thiazole rings is 1. The van der Waals surface area contributed by atoms with Gasteiger partial charge in [0.1, 0.15) is 11.4 Å². The molecule has 0 atom stereocenters. The fraction of sp³-hybridized carbons (Fsp3) is 0.208. The molecule has 0 saturated heterocycles. The highest BCUT2D eigenvalue weighted by molar-refractivity contribution is 7.16. The number of pyridine rings is 1. The average molecular weight is 480 g/mol. The normalized spacial score (nSPS) is 12.3. The number of nitrogens with zero attached hydrogens (tertiary/aromatic N) is 2. The Morgan fingerprint density at radius 3 is 2.79 bits per heavy atom. The van der Waals surface area contributed by atoms with E-state index in [1.165, 1.54) is 11.3 Å². The molecule has 0 saturated carbocycles. The van der Waals surface area contributed by atoms with E-state index in [-0.39, 0.29) is 18.2 Å². The number of thiophene rings is 1. The minimum Gasteiger partial charge on any atom is -0.478 e. The number of ether oxygens (including phenoxy) is 2. The summed E-state index contributed by atoms with van der Waals surface area (Å²) in [6, 6.07) is 11.3. The minimum absolute atomic E-state index is 0.103. The van der Waals surface area contributed by atoms with E-state index in [2.05, 4.69) is 24.1 Å². The highest BCUT2D eigenvalue weighted by Gasteiger charge is 2.21. The Bertz CT molecular complexity index is 1320. The van der Waals surface area contributed by atoms with Gasteiger partial charge in [-0.25, -0.2) is 14.8 Å². The molecule has 0 spiro atoms. The lowest BCUT2D eigenvalue weighted by molar-refractivity contribution is 0.0697. The van der Waals surface area contributed by atoms with Crippen LogP contribution in [-0.2, 0) is 6.42 Å². The van der Waals surface area contributed by atoms with Gasteiger partial charge in [-0.3, -0.25) is 0 Å². The molecule has 0 aliphatic carbocycles. The maximum absolute atomic E-state index is 12.0. The number of benzene rings is 1. The first kappa shape index (κ1) is 21.4. The van der Waals surface area contributed by atoms with Gasteiger partial charge in [0.05, 0.1) is 5.69 Å². The van der Waals surface area contributed by atoms with E-state index in [4.69, 9.17) is 14.5 Å². The number of nitrogens with one attached hydrogen (secondary N) is 1. The monoisotopic (exact) mass is 479 g/mol. The lowest BCUT2D eigenvalue weighted by atomic mass is 10.0. The molecule has 0 unspecified atom stereocenters. The van der Waals surface area contributed by atoms with Crippen LogP contribution in [0.25, 0.3) is 21.7 Å². The van der Waals surface area contributed by atoms with Crippen molar-refractivity contribution >= 4 is 39.6 Å². The molecule has 2 N–H and O–H groups in total. The van der Waals surface area contributed by atoms with Crippen LogP contribution in [0.15, 0.2) is 48.0 Å². The van der Waals surface area contributed by atoms with Gasteiger partial charge in [-0.15, -0.1) is 22.7 Å². The van der Waals surface area contributed by atoms with E-state index in [1.807, 2.05) is 35.7 Å². The molecular formula is C24H21N3O4S2. The number of aromatic nitrogens is 2. The Balaban J connectivity index is 1.50. The number of carbonyl (C=O) groups is 1. The van der Waals surface area contributed by atoms with Gasteiger partial charge in [0.25, 0.3) is 0 Å². The van der Waals surface area contributed by atoms with Crippen molar-refractivity contribution in [3.8, 4) is 33.2 Å². The molecule has 9 heteroatoms. The van der Waals surface area contributed by atoms with E-state index in [0.29, 0.717) is 16.8 Å². The van der Waals surface area contributed by atoms with Crippen molar-refractivity contribution in [1.29, 1.82) is 0 Å². The van der Waals surface area contributed by atoms with Gasteiger partial charge in [0.2, 0.25) is 6.79 Å². The molecule has 1 aromatic carbocycles. The van der Waals surface area contributed by atoms with Gasteiger partial charge in [-0.2, -0.15) is 0 Å². The van der Waals surface area contributed by atoms with Gasteiger partial charge in [-0.1, -0.05) is 19.9 Å². The first-order valence-electron chi connectivity index (χ1n) is 10.4. The molecule has 5 rings (SSSR count). The van der Waals surface area contributed by atoms with Crippen molar-refractivity contribution in [2.75, 3.05) is 12.1 Å². The van der Waals surface area contributed by atoms with E-state index >= 15 is 0 Å². The summed E-state index contributed by atoms with van der Waals surface area (Å²) in [6.07, 6.45) is 2.53. The molecule has 4 heterocycles. The second-order valence-electron chi connectivity index (χ2n) is 7.98. The van der Waals surface area contributed by atoms with Gasteiger partial charge < -0.3 is 19.9 Å². The summed E-state index contributed by atoms with van der Waals surface area (Å²) in [5.41, 5.74) is 2.65. The van der Waals surface area contributed by atoms with Gasteiger partial charge in [0.15, 0.2) is 16.6 Å². The number of carboxylic acids is 1. The SMILES string of the molecule is CC(C)Cc1sc(Nc2ncc(-c3cccs3)cc2C(=O)O)nc1-c1ccc2c(c1)OCO2. The highest BCUT2D eigenvalue weighted by atomic mass is 32.1. The number of hydrogen-bond acceptors (Lipinski definition) is 8. The van der Waals surface area contributed by atoms with E-state index in [0.717, 1.165) is 38.7 Å². The third-order valence-electron chi connectivity index (χ3n) is 5.09. The number of anilines is 2.